The molecule has 2 aliphatic heterocycles. The van der Waals surface area contributed by atoms with Crippen molar-refractivity contribution in [2.24, 2.45) is 29.6 Å². The Morgan fingerprint density at radius 1 is 1.24 bits per heavy atom. The lowest BCUT2D eigenvalue weighted by molar-refractivity contribution is -0.142. The number of aliphatic carboxylic acids is 1. The number of imide groups is 1. The zero-order valence-corrected chi connectivity index (χ0v) is 21.4. The topological polar surface area (TPSA) is 90.5 Å². The first-order valence-electron chi connectivity index (χ1n) is 11.1. The molecule has 7 unspecified atom stereocenters. The van der Waals surface area contributed by atoms with Gasteiger partial charge in [0.25, 0.3) is 0 Å². The van der Waals surface area contributed by atoms with Gasteiger partial charge >= 0.3 is 5.97 Å². The van der Waals surface area contributed by atoms with Crippen molar-refractivity contribution in [1.29, 1.82) is 0 Å². The highest BCUT2D eigenvalue weighted by Crippen LogP contribution is 2.68. The van der Waals surface area contributed by atoms with Crippen LogP contribution in [0.2, 0.25) is 0 Å². The van der Waals surface area contributed by atoms with Crippen molar-refractivity contribution in [3.8, 4) is 0 Å². The quantitative estimate of drug-likeness (QED) is 0.396. The van der Waals surface area contributed by atoms with Gasteiger partial charge in [0.2, 0.25) is 11.8 Å². The molecule has 0 spiro atoms. The van der Waals surface area contributed by atoms with Crippen molar-refractivity contribution in [2.75, 3.05) is 6.54 Å². The van der Waals surface area contributed by atoms with E-state index >= 15 is 0 Å². The van der Waals surface area contributed by atoms with Crippen LogP contribution in [0.4, 0.5) is 0 Å². The second-order valence-electron chi connectivity index (χ2n) is 9.34. The normalized spacial score (nSPS) is 33.8. The number of hydrogen-bond acceptors (Lipinski definition) is 6. The Morgan fingerprint density at radius 3 is 2.73 bits per heavy atom. The third kappa shape index (κ3) is 3.31. The molecular weight excluding hydrogens is 544 g/mol. The molecule has 0 radical (unpaired) electrons. The van der Waals surface area contributed by atoms with E-state index in [1.165, 1.54) is 15.3 Å². The van der Waals surface area contributed by atoms with Gasteiger partial charge in [0, 0.05) is 33.5 Å². The molecule has 2 N–H and O–H groups in total. The summed E-state index contributed by atoms with van der Waals surface area (Å²) < 4.78 is 1.78. The molecule has 2 aliphatic carbocycles. The van der Waals surface area contributed by atoms with Crippen LogP contribution in [-0.2, 0) is 14.4 Å². The largest absolute Gasteiger partial charge is 0.481 e. The molecule has 3 fully saturated rings. The van der Waals surface area contributed by atoms with Gasteiger partial charge in [-0.05, 0) is 60.5 Å². The summed E-state index contributed by atoms with van der Waals surface area (Å²) in [5.41, 5.74) is 1.21. The van der Waals surface area contributed by atoms with Gasteiger partial charge in [-0.2, -0.15) is 0 Å². The standard InChI is InChI=1S/C23H21BrN2O4S3/c24-10-4-1-3-9(7-10)14-15-11-8-12(18(15)32-20-19(14)33-23(31)25-20)17-16(11)21(29)26(22(17)30)6-2-5-13(27)28/h1,3-4,7,11-12,14-18H,2,5-6,8H2,(H,25,31)(H,27,28). The number of thiazole rings is 1. The number of likely N-dealkylation sites (tertiary alicyclic amines) is 1. The van der Waals surface area contributed by atoms with E-state index in [4.69, 9.17) is 17.3 Å². The molecule has 6 rings (SSSR count). The monoisotopic (exact) mass is 564 g/mol. The Hall–Kier alpha value is -1.49. The fraction of sp³-hybridized carbons (Fsp3) is 0.478. The molecule has 6 nitrogen and oxygen atoms in total. The number of amides is 2. The first-order valence-corrected chi connectivity index (χ1v) is 14.0. The SMILES string of the molecule is O=C(O)CCCN1C(=O)C2C3CC(C2C1=O)C1C(c2cccc(Br)c2)c2sc(=S)[nH]c2SC31. The lowest BCUT2D eigenvalue weighted by atomic mass is 9.68. The van der Waals surface area contributed by atoms with Crippen LogP contribution in [0.5, 0.6) is 0 Å². The van der Waals surface area contributed by atoms with Gasteiger partial charge in [-0.25, -0.2) is 0 Å². The van der Waals surface area contributed by atoms with E-state index in [2.05, 4.69) is 33.0 Å². The molecule has 2 saturated carbocycles. The van der Waals surface area contributed by atoms with E-state index in [1.54, 1.807) is 23.1 Å². The Kier molecular flexibility index (Phi) is 5.36. The molecule has 33 heavy (non-hydrogen) atoms. The predicted octanol–water partition coefficient (Wildman–Crippen LogP) is 4.91. The van der Waals surface area contributed by atoms with Gasteiger partial charge in [-0.15, -0.1) is 23.1 Å². The third-order valence-electron chi connectivity index (χ3n) is 7.80. The Labute approximate surface area is 212 Å². The lowest BCUT2D eigenvalue weighted by Gasteiger charge is -2.43. The van der Waals surface area contributed by atoms with Crippen LogP contribution in [0.15, 0.2) is 33.8 Å². The number of carbonyl (C=O) groups excluding carboxylic acids is 2. The zero-order valence-electron chi connectivity index (χ0n) is 17.4. The number of nitrogens with one attached hydrogen (secondary N) is 1. The van der Waals surface area contributed by atoms with Crippen molar-refractivity contribution in [3.05, 3.63) is 43.1 Å². The highest BCUT2D eigenvalue weighted by molar-refractivity contribution is 9.10. The summed E-state index contributed by atoms with van der Waals surface area (Å²) in [7, 11) is 0. The number of rotatable bonds is 5. The number of thioether (sulfide) groups is 1. The van der Waals surface area contributed by atoms with Crippen molar-refractivity contribution in [1.82, 2.24) is 9.88 Å². The number of halogens is 1. The number of hydrogen-bond donors (Lipinski definition) is 2. The van der Waals surface area contributed by atoms with E-state index in [9.17, 15) is 14.4 Å². The maximum absolute atomic E-state index is 13.4. The van der Waals surface area contributed by atoms with Gasteiger partial charge in [0.05, 0.1) is 16.9 Å². The maximum Gasteiger partial charge on any atom is 0.303 e. The fourth-order valence-corrected chi connectivity index (χ4v) is 10.5. The first-order chi connectivity index (χ1) is 15.8. The van der Waals surface area contributed by atoms with Crippen LogP contribution in [-0.4, -0.2) is 44.6 Å². The van der Waals surface area contributed by atoms with Crippen molar-refractivity contribution in [3.63, 3.8) is 0 Å². The van der Waals surface area contributed by atoms with Crippen LogP contribution in [0.3, 0.4) is 0 Å². The number of benzene rings is 1. The lowest BCUT2D eigenvalue weighted by Crippen LogP contribution is -2.42. The van der Waals surface area contributed by atoms with Gasteiger partial charge in [-0.3, -0.25) is 19.3 Å². The summed E-state index contributed by atoms with van der Waals surface area (Å²) in [5, 5.41) is 10.3. The number of carboxylic acid groups (broad SMARTS) is 1. The Morgan fingerprint density at radius 2 is 2.00 bits per heavy atom. The summed E-state index contributed by atoms with van der Waals surface area (Å²) >= 11 is 12.5. The average Bonchev–Trinajstić information content (AvgIpc) is 3.48. The van der Waals surface area contributed by atoms with Crippen LogP contribution in [0, 0.1) is 33.5 Å². The molecule has 3 heterocycles. The van der Waals surface area contributed by atoms with Gasteiger partial charge < -0.3 is 10.1 Å². The number of carbonyl (C=O) groups is 3. The predicted molar refractivity (Wildman–Crippen MR) is 131 cm³/mol. The summed E-state index contributed by atoms with van der Waals surface area (Å²) in [5.74, 6) is -0.938. The summed E-state index contributed by atoms with van der Waals surface area (Å²) in [6.45, 7) is 0.203. The smallest absolute Gasteiger partial charge is 0.303 e. The number of aromatic nitrogens is 1. The minimum atomic E-state index is -0.905. The molecule has 4 aliphatic rings. The van der Waals surface area contributed by atoms with Crippen LogP contribution >= 0.6 is 51.2 Å². The molecule has 2 bridgehead atoms. The summed E-state index contributed by atoms with van der Waals surface area (Å²) in [4.78, 5) is 43.6. The minimum absolute atomic E-state index is 0.0370. The summed E-state index contributed by atoms with van der Waals surface area (Å²) in [6, 6.07) is 8.38. The molecule has 2 amide bonds. The molecule has 172 valence electrons. The molecule has 7 atom stereocenters. The molecule has 10 heteroatoms. The number of fused-ring (bicyclic) bond motifs is 9. The number of H-pyrrole nitrogens is 1. The third-order valence-corrected chi connectivity index (χ3v) is 11.2. The zero-order chi connectivity index (χ0) is 23.0. The number of carboxylic acids is 1. The van der Waals surface area contributed by atoms with E-state index in [0.717, 1.165) is 19.9 Å². The van der Waals surface area contributed by atoms with E-state index in [1.807, 2.05) is 12.1 Å². The number of aromatic amines is 1. The minimum Gasteiger partial charge on any atom is -0.481 e. The second-order valence-corrected chi connectivity index (χ2v) is 13.2. The van der Waals surface area contributed by atoms with Crippen molar-refractivity contribution < 1.29 is 19.5 Å². The molecule has 2 aromatic rings. The second kappa shape index (κ2) is 8.03. The summed E-state index contributed by atoms with van der Waals surface area (Å²) in [6.07, 6.45) is 1.17. The van der Waals surface area contributed by atoms with E-state index < -0.39 is 5.97 Å². The van der Waals surface area contributed by atoms with E-state index in [-0.39, 0.29) is 65.5 Å². The number of nitrogens with zero attached hydrogens (tertiary/aromatic N) is 1. The molecule has 1 aromatic heterocycles. The van der Waals surface area contributed by atoms with Crippen molar-refractivity contribution >= 4 is 69.0 Å². The van der Waals surface area contributed by atoms with E-state index in [0.29, 0.717) is 6.42 Å². The molecule has 1 saturated heterocycles. The molecule has 1 aromatic carbocycles. The van der Waals surface area contributed by atoms with Crippen molar-refractivity contribution in [2.45, 2.75) is 35.5 Å². The van der Waals surface area contributed by atoms with Crippen LogP contribution < -0.4 is 0 Å². The average molecular weight is 566 g/mol. The van der Waals surface area contributed by atoms with Gasteiger partial charge in [0.1, 0.15) is 0 Å². The molecular formula is C23H21BrN2O4S3. The first kappa shape index (κ1) is 22.0. The highest BCUT2D eigenvalue weighted by Gasteiger charge is 2.69. The maximum atomic E-state index is 13.4. The van der Waals surface area contributed by atoms with Gasteiger partial charge in [0.15, 0.2) is 3.95 Å². The van der Waals surface area contributed by atoms with Crippen LogP contribution in [0.1, 0.15) is 35.6 Å². The highest BCUT2D eigenvalue weighted by atomic mass is 79.9. The Balaban J connectivity index is 1.38. The fourth-order valence-electron chi connectivity index (χ4n) is 6.76. The Bertz CT molecular complexity index is 1240. The van der Waals surface area contributed by atoms with Gasteiger partial charge in [-0.1, -0.05) is 28.1 Å². The van der Waals surface area contributed by atoms with Crippen LogP contribution in [0.25, 0.3) is 0 Å².